The van der Waals surface area contributed by atoms with Gasteiger partial charge in [0.25, 0.3) is 0 Å². The molecule has 3 atom stereocenters. The van der Waals surface area contributed by atoms with Gasteiger partial charge in [-0.3, -0.25) is 4.68 Å². The zero-order valence-corrected chi connectivity index (χ0v) is 12.1. The molecule has 1 aliphatic carbocycles. The average molecular weight is 250 g/mol. The Morgan fingerprint density at radius 3 is 2.78 bits per heavy atom. The number of aliphatic hydroxyl groups is 1. The number of hydrogen-bond acceptors (Lipinski definition) is 2. The van der Waals surface area contributed by atoms with Gasteiger partial charge < -0.3 is 5.11 Å². The number of nitrogens with zero attached hydrogens (tertiary/aromatic N) is 2. The monoisotopic (exact) mass is 250 g/mol. The molecule has 18 heavy (non-hydrogen) atoms. The Kier molecular flexibility index (Phi) is 3.81. The topological polar surface area (TPSA) is 38.0 Å². The number of aromatic nitrogens is 2. The number of aryl methyl sites for hydroxylation is 1. The first-order valence-electron chi connectivity index (χ1n) is 7.11. The maximum atomic E-state index is 11.1. The van der Waals surface area contributed by atoms with Crippen molar-refractivity contribution >= 4 is 0 Å². The lowest BCUT2D eigenvalue weighted by molar-refractivity contribution is -0.0801. The normalized spacial score (nSPS) is 33.0. The molecule has 1 aliphatic rings. The van der Waals surface area contributed by atoms with Crippen LogP contribution in [0.2, 0.25) is 0 Å². The van der Waals surface area contributed by atoms with Gasteiger partial charge in [-0.15, -0.1) is 0 Å². The number of hydrogen-bond donors (Lipinski definition) is 1. The van der Waals surface area contributed by atoms with Crippen LogP contribution >= 0.6 is 0 Å². The van der Waals surface area contributed by atoms with E-state index >= 15 is 0 Å². The number of rotatable bonds is 3. The molecule has 0 saturated heterocycles. The maximum absolute atomic E-state index is 11.1. The molecular weight excluding hydrogens is 224 g/mol. The zero-order chi connectivity index (χ0) is 13.3. The summed E-state index contributed by atoms with van der Waals surface area (Å²) in [5.41, 5.74) is 0.444. The lowest BCUT2D eigenvalue weighted by Crippen LogP contribution is -2.47. The van der Waals surface area contributed by atoms with E-state index in [0.29, 0.717) is 24.2 Å². The molecule has 2 rings (SSSR count). The van der Waals surface area contributed by atoms with Gasteiger partial charge >= 0.3 is 0 Å². The van der Waals surface area contributed by atoms with Gasteiger partial charge in [0.05, 0.1) is 11.3 Å². The van der Waals surface area contributed by atoms with Crippen molar-refractivity contribution in [1.82, 2.24) is 9.78 Å². The van der Waals surface area contributed by atoms with Gasteiger partial charge in [-0.05, 0) is 36.7 Å². The molecule has 3 heteroatoms. The van der Waals surface area contributed by atoms with Crippen LogP contribution in [0.5, 0.6) is 0 Å². The molecule has 0 aliphatic heterocycles. The van der Waals surface area contributed by atoms with Crippen LogP contribution in [-0.2, 0) is 13.5 Å². The van der Waals surface area contributed by atoms with E-state index in [2.05, 4.69) is 25.9 Å². The molecular formula is C15H26N2O. The quantitative estimate of drug-likeness (QED) is 0.895. The Labute approximate surface area is 110 Å². The van der Waals surface area contributed by atoms with Crippen LogP contribution in [0, 0.1) is 17.8 Å². The molecule has 1 saturated carbocycles. The fraction of sp³-hybridized carbons (Fsp3) is 0.800. The van der Waals surface area contributed by atoms with E-state index < -0.39 is 5.60 Å². The first kappa shape index (κ1) is 13.6. The van der Waals surface area contributed by atoms with Crippen LogP contribution in [0.4, 0.5) is 0 Å². The minimum atomic E-state index is -0.569. The molecule has 0 aromatic carbocycles. The van der Waals surface area contributed by atoms with Crippen molar-refractivity contribution < 1.29 is 5.11 Å². The van der Waals surface area contributed by atoms with Gasteiger partial charge in [0.1, 0.15) is 0 Å². The molecule has 1 aromatic rings. The smallest absolute Gasteiger partial charge is 0.0736 e. The SMILES string of the molecule is CC1CCC(C(C)C)C(O)(Cc2ccn(C)n2)C1. The highest BCUT2D eigenvalue weighted by atomic mass is 16.3. The average Bonchev–Trinajstić information content (AvgIpc) is 2.62. The lowest BCUT2D eigenvalue weighted by atomic mass is 9.65. The molecule has 1 fully saturated rings. The summed E-state index contributed by atoms with van der Waals surface area (Å²) < 4.78 is 1.81. The molecule has 0 spiro atoms. The predicted molar refractivity (Wildman–Crippen MR) is 73.2 cm³/mol. The van der Waals surface area contributed by atoms with E-state index in [0.717, 1.165) is 18.5 Å². The Hall–Kier alpha value is -0.830. The molecule has 0 radical (unpaired) electrons. The first-order chi connectivity index (χ1) is 8.40. The largest absolute Gasteiger partial charge is 0.389 e. The summed E-state index contributed by atoms with van der Waals surface area (Å²) in [6, 6.07) is 2.02. The van der Waals surface area contributed by atoms with Crippen LogP contribution in [0.15, 0.2) is 12.3 Å². The summed E-state index contributed by atoms with van der Waals surface area (Å²) in [6.07, 6.45) is 5.94. The lowest BCUT2D eigenvalue weighted by Gasteiger charge is -2.44. The van der Waals surface area contributed by atoms with Crippen molar-refractivity contribution in [3.63, 3.8) is 0 Å². The summed E-state index contributed by atoms with van der Waals surface area (Å²) in [5.74, 6) is 1.55. The second kappa shape index (κ2) is 5.04. The Morgan fingerprint density at radius 2 is 2.22 bits per heavy atom. The van der Waals surface area contributed by atoms with Crippen LogP contribution in [0.1, 0.15) is 45.7 Å². The zero-order valence-electron chi connectivity index (χ0n) is 12.1. The molecule has 1 heterocycles. The fourth-order valence-electron chi connectivity index (χ4n) is 3.62. The first-order valence-corrected chi connectivity index (χ1v) is 7.11. The molecule has 3 unspecified atom stereocenters. The van der Waals surface area contributed by atoms with E-state index in [9.17, 15) is 5.11 Å². The van der Waals surface area contributed by atoms with Crippen LogP contribution in [-0.4, -0.2) is 20.5 Å². The van der Waals surface area contributed by atoms with Gasteiger partial charge in [-0.1, -0.05) is 27.2 Å². The Bertz CT molecular complexity index is 399. The Balaban J connectivity index is 2.18. The summed E-state index contributed by atoms with van der Waals surface area (Å²) >= 11 is 0. The van der Waals surface area contributed by atoms with Gasteiger partial charge in [0.15, 0.2) is 0 Å². The van der Waals surface area contributed by atoms with E-state index in [4.69, 9.17) is 0 Å². The summed E-state index contributed by atoms with van der Waals surface area (Å²) in [7, 11) is 1.93. The molecule has 1 N–H and O–H groups in total. The summed E-state index contributed by atoms with van der Waals surface area (Å²) in [6.45, 7) is 6.70. The van der Waals surface area contributed by atoms with E-state index in [1.807, 2.05) is 24.0 Å². The standard InChI is InChI=1S/C15H26N2O/c1-11(2)14-6-5-12(3)9-15(14,18)10-13-7-8-17(4)16-13/h7-8,11-12,14,18H,5-6,9-10H2,1-4H3. The third kappa shape index (κ3) is 2.77. The highest BCUT2D eigenvalue weighted by Gasteiger charge is 2.43. The molecule has 1 aromatic heterocycles. The highest BCUT2D eigenvalue weighted by molar-refractivity contribution is 5.07. The van der Waals surface area contributed by atoms with Gasteiger partial charge in [-0.2, -0.15) is 5.10 Å². The van der Waals surface area contributed by atoms with E-state index in [1.165, 1.54) is 6.42 Å². The third-order valence-electron chi connectivity index (χ3n) is 4.42. The van der Waals surface area contributed by atoms with Crippen molar-refractivity contribution in [1.29, 1.82) is 0 Å². The van der Waals surface area contributed by atoms with Crippen LogP contribution < -0.4 is 0 Å². The Morgan fingerprint density at radius 1 is 1.50 bits per heavy atom. The minimum Gasteiger partial charge on any atom is -0.389 e. The van der Waals surface area contributed by atoms with E-state index in [1.54, 1.807) is 0 Å². The second-order valence-electron chi connectivity index (χ2n) is 6.50. The van der Waals surface area contributed by atoms with Gasteiger partial charge in [0.2, 0.25) is 0 Å². The molecule has 3 nitrogen and oxygen atoms in total. The van der Waals surface area contributed by atoms with Crippen LogP contribution in [0.25, 0.3) is 0 Å². The van der Waals surface area contributed by atoms with Crippen molar-refractivity contribution in [2.24, 2.45) is 24.8 Å². The third-order valence-corrected chi connectivity index (χ3v) is 4.42. The van der Waals surface area contributed by atoms with Crippen molar-refractivity contribution in [3.8, 4) is 0 Å². The highest BCUT2D eigenvalue weighted by Crippen LogP contribution is 2.42. The van der Waals surface area contributed by atoms with E-state index in [-0.39, 0.29) is 0 Å². The fourth-order valence-corrected chi connectivity index (χ4v) is 3.62. The minimum absolute atomic E-state index is 0.399. The second-order valence-corrected chi connectivity index (χ2v) is 6.50. The van der Waals surface area contributed by atoms with Crippen LogP contribution in [0.3, 0.4) is 0 Å². The van der Waals surface area contributed by atoms with Crippen molar-refractivity contribution in [2.45, 2.75) is 52.1 Å². The molecule has 0 bridgehead atoms. The summed E-state index contributed by atoms with van der Waals surface area (Å²) in [4.78, 5) is 0. The van der Waals surface area contributed by atoms with Gasteiger partial charge in [-0.25, -0.2) is 0 Å². The van der Waals surface area contributed by atoms with Crippen molar-refractivity contribution in [2.75, 3.05) is 0 Å². The maximum Gasteiger partial charge on any atom is 0.0736 e. The van der Waals surface area contributed by atoms with Crippen molar-refractivity contribution in [3.05, 3.63) is 18.0 Å². The van der Waals surface area contributed by atoms with Gasteiger partial charge in [0, 0.05) is 19.7 Å². The molecule has 0 amide bonds. The predicted octanol–water partition coefficient (Wildman–Crippen LogP) is 2.79. The summed E-state index contributed by atoms with van der Waals surface area (Å²) in [5, 5.41) is 15.5. The molecule has 102 valence electrons.